The maximum atomic E-state index is 13.3. The first-order valence-electron chi connectivity index (χ1n) is 10.8. The van der Waals surface area contributed by atoms with E-state index in [1.807, 2.05) is 60.9 Å². The first-order chi connectivity index (χ1) is 16.0. The van der Waals surface area contributed by atoms with Crippen molar-refractivity contribution in [2.45, 2.75) is 38.0 Å². The molecule has 1 unspecified atom stereocenters. The molecule has 2 aromatic carbocycles. The van der Waals surface area contributed by atoms with E-state index in [0.717, 1.165) is 17.0 Å². The van der Waals surface area contributed by atoms with Gasteiger partial charge in [0.15, 0.2) is 11.0 Å². The van der Waals surface area contributed by atoms with E-state index in [0.29, 0.717) is 29.7 Å². The number of ether oxygens (including phenoxy) is 1. The summed E-state index contributed by atoms with van der Waals surface area (Å²) in [6, 6.07) is 15.2. The highest BCUT2D eigenvalue weighted by Gasteiger charge is 2.30. The van der Waals surface area contributed by atoms with Crippen molar-refractivity contribution >= 4 is 35.0 Å². The van der Waals surface area contributed by atoms with Crippen LogP contribution in [0.4, 0.5) is 11.4 Å². The van der Waals surface area contributed by atoms with Gasteiger partial charge in [0.25, 0.3) is 0 Å². The molecule has 1 aliphatic heterocycles. The van der Waals surface area contributed by atoms with Crippen LogP contribution in [0.1, 0.15) is 18.9 Å². The minimum Gasteiger partial charge on any atom is -0.383 e. The molecule has 0 saturated heterocycles. The number of thioether (sulfide) groups is 1. The molecular weight excluding hydrogens is 438 g/mol. The Morgan fingerprint density at radius 1 is 1.21 bits per heavy atom. The molecule has 33 heavy (non-hydrogen) atoms. The van der Waals surface area contributed by atoms with Gasteiger partial charge in [0, 0.05) is 25.1 Å². The number of hydrogen-bond acceptors (Lipinski definition) is 6. The Labute approximate surface area is 197 Å². The Hall–Kier alpha value is -3.17. The highest BCUT2D eigenvalue weighted by atomic mass is 32.2. The van der Waals surface area contributed by atoms with Crippen LogP contribution in [0.5, 0.6) is 0 Å². The van der Waals surface area contributed by atoms with Gasteiger partial charge in [-0.25, -0.2) is 0 Å². The number of para-hydroxylation sites is 2. The van der Waals surface area contributed by atoms with E-state index in [9.17, 15) is 9.59 Å². The van der Waals surface area contributed by atoms with Crippen LogP contribution < -0.4 is 10.2 Å². The number of aryl methyl sites for hydroxylation is 1. The largest absolute Gasteiger partial charge is 0.383 e. The number of methoxy groups -OCH3 is 1. The number of amides is 2. The molecule has 3 aromatic rings. The molecule has 4 rings (SSSR count). The fourth-order valence-electron chi connectivity index (χ4n) is 3.94. The van der Waals surface area contributed by atoms with E-state index >= 15 is 0 Å². The lowest BCUT2D eigenvalue weighted by Gasteiger charge is -2.27. The van der Waals surface area contributed by atoms with E-state index in [1.165, 1.54) is 11.8 Å². The molecule has 172 valence electrons. The Balaban J connectivity index is 1.57. The molecule has 9 heteroatoms. The van der Waals surface area contributed by atoms with Crippen LogP contribution in [0.3, 0.4) is 0 Å². The van der Waals surface area contributed by atoms with E-state index in [4.69, 9.17) is 4.74 Å². The molecule has 0 bridgehead atoms. The number of carbonyl (C=O) groups excluding carboxylic acids is 2. The summed E-state index contributed by atoms with van der Waals surface area (Å²) in [6.45, 7) is 5.00. The van der Waals surface area contributed by atoms with Crippen molar-refractivity contribution in [1.29, 1.82) is 0 Å². The summed E-state index contributed by atoms with van der Waals surface area (Å²) in [5.41, 5.74) is 3.46. The zero-order valence-electron chi connectivity index (χ0n) is 18.9. The quantitative estimate of drug-likeness (QED) is 0.535. The van der Waals surface area contributed by atoms with Crippen molar-refractivity contribution in [2.24, 2.45) is 0 Å². The van der Waals surface area contributed by atoms with Crippen LogP contribution in [-0.2, 0) is 20.9 Å². The third-order valence-electron chi connectivity index (χ3n) is 5.46. The lowest BCUT2D eigenvalue weighted by atomic mass is 10.1. The maximum Gasteiger partial charge on any atom is 0.237 e. The van der Waals surface area contributed by atoms with Gasteiger partial charge in [-0.1, -0.05) is 47.7 Å². The lowest BCUT2D eigenvalue weighted by Crippen LogP contribution is -2.40. The van der Waals surface area contributed by atoms with Crippen molar-refractivity contribution in [2.75, 3.05) is 29.7 Å². The smallest absolute Gasteiger partial charge is 0.237 e. The second kappa shape index (κ2) is 10.2. The average molecular weight is 466 g/mol. The topological polar surface area (TPSA) is 89.4 Å². The molecule has 2 amide bonds. The SMILES string of the molecule is COCCn1c(SCC(=O)N2c3ccccc3NC(=O)CC2C)nnc1-c1cccc(C)c1. The molecule has 2 heterocycles. The molecule has 8 nitrogen and oxygen atoms in total. The first kappa shape index (κ1) is 23.0. The van der Waals surface area contributed by atoms with Gasteiger partial charge in [-0.15, -0.1) is 10.2 Å². The number of fused-ring (bicyclic) bond motifs is 1. The van der Waals surface area contributed by atoms with Gasteiger partial charge in [0.05, 0.1) is 30.3 Å². The lowest BCUT2D eigenvalue weighted by molar-refractivity contribution is -0.117. The van der Waals surface area contributed by atoms with Gasteiger partial charge in [-0.2, -0.15) is 0 Å². The van der Waals surface area contributed by atoms with E-state index in [2.05, 4.69) is 21.6 Å². The number of anilines is 2. The van der Waals surface area contributed by atoms with Crippen LogP contribution >= 0.6 is 11.8 Å². The minimum absolute atomic E-state index is 0.0881. The summed E-state index contributed by atoms with van der Waals surface area (Å²) in [6.07, 6.45) is 0.243. The standard InChI is InChI=1S/C24H27N5O3S/c1-16-7-6-8-18(13-16)23-26-27-24(28(23)11-12-32-3)33-15-22(31)29-17(2)14-21(30)25-19-9-4-5-10-20(19)29/h4-10,13,17H,11-12,14-15H2,1-3H3,(H,25,30). The predicted molar refractivity (Wildman–Crippen MR) is 129 cm³/mol. The van der Waals surface area contributed by atoms with Gasteiger partial charge in [0.1, 0.15) is 0 Å². The molecule has 1 N–H and O–H groups in total. The molecule has 0 aliphatic carbocycles. The van der Waals surface area contributed by atoms with E-state index in [-0.39, 0.29) is 30.0 Å². The number of nitrogens with one attached hydrogen (secondary N) is 1. The summed E-state index contributed by atoms with van der Waals surface area (Å²) in [4.78, 5) is 27.3. The summed E-state index contributed by atoms with van der Waals surface area (Å²) < 4.78 is 7.27. The summed E-state index contributed by atoms with van der Waals surface area (Å²) in [5.74, 6) is 0.732. The van der Waals surface area contributed by atoms with Crippen molar-refractivity contribution < 1.29 is 14.3 Å². The normalized spacial score (nSPS) is 15.7. The Morgan fingerprint density at radius 3 is 2.82 bits per heavy atom. The molecule has 1 aliphatic rings. The highest BCUT2D eigenvalue weighted by Crippen LogP contribution is 2.32. The monoisotopic (exact) mass is 465 g/mol. The molecule has 1 atom stereocenters. The molecule has 0 spiro atoms. The van der Waals surface area contributed by atoms with Crippen LogP contribution in [0.25, 0.3) is 11.4 Å². The second-order valence-corrected chi connectivity index (χ2v) is 8.93. The number of benzene rings is 2. The van der Waals surface area contributed by atoms with Crippen molar-refractivity contribution in [3.05, 3.63) is 54.1 Å². The van der Waals surface area contributed by atoms with Gasteiger partial charge >= 0.3 is 0 Å². The number of aromatic nitrogens is 3. The third kappa shape index (κ3) is 5.09. The van der Waals surface area contributed by atoms with Crippen molar-refractivity contribution in [1.82, 2.24) is 14.8 Å². The zero-order chi connectivity index (χ0) is 23.4. The molecule has 0 radical (unpaired) electrons. The Morgan fingerprint density at radius 2 is 2.03 bits per heavy atom. The highest BCUT2D eigenvalue weighted by molar-refractivity contribution is 7.99. The number of rotatable bonds is 7. The number of carbonyl (C=O) groups is 2. The molecule has 0 fully saturated rings. The average Bonchev–Trinajstić information content (AvgIpc) is 3.14. The maximum absolute atomic E-state index is 13.3. The van der Waals surface area contributed by atoms with Crippen LogP contribution in [0.2, 0.25) is 0 Å². The molecular formula is C24H27N5O3S. The summed E-state index contributed by atoms with van der Waals surface area (Å²) in [7, 11) is 1.65. The first-order valence-corrected chi connectivity index (χ1v) is 11.8. The van der Waals surface area contributed by atoms with Crippen LogP contribution in [0, 0.1) is 6.92 Å². The van der Waals surface area contributed by atoms with E-state index in [1.54, 1.807) is 12.0 Å². The second-order valence-electron chi connectivity index (χ2n) is 7.99. The third-order valence-corrected chi connectivity index (χ3v) is 6.42. The zero-order valence-corrected chi connectivity index (χ0v) is 19.8. The van der Waals surface area contributed by atoms with Crippen LogP contribution in [-0.4, -0.2) is 52.1 Å². The van der Waals surface area contributed by atoms with Gasteiger partial charge in [-0.05, 0) is 32.0 Å². The van der Waals surface area contributed by atoms with Gasteiger partial charge < -0.3 is 15.0 Å². The summed E-state index contributed by atoms with van der Waals surface area (Å²) >= 11 is 1.34. The van der Waals surface area contributed by atoms with Gasteiger partial charge in [0.2, 0.25) is 11.8 Å². The van der Waals surface area contributed by atoms with Crippen molar-refractivity contribution in [3.63, 3.8) is 0 Å². The molecule has 0 saturated carbocycles. The minimum atomic E-state index is -0.254. The molecule has 1 aromatic heterocycles. The van der Waals surface area contributed by atoms with Crippen molar-refractivity contribution in [3.8, 4) is 11.4 Å². The fourth-order valence-corrected chi connectivity index (χ4v) is 4.76. The Bertz CT molecular complexity index is 1160. The fraction of sp³-hybridized carbons (Fsp3) is 0.333. The summed E-state index contributed by atoms with van der Waals surface area (Å²) in [5, 5.41) is 12.3. The number of hydrogen-bond donors (Lipinski definition) is 1. The Kier molecular flexibility index (Phi) is 7.10. The van der Waals surface area contributed by atoms with Crippen LogP contribution in [0.15, 0.2) is 53.7 Å². The van der Waals surface area contributed by atoms with Gasteiger partial charge in [-0.3, -0.25) is 14.2 Å². The van der Waals surface area contributed by atoms with E-state index < -0.39 is 0 Å². The number of nitrogens with zero attached hydrogens (tertiary/aromatic N) is 4. The predicted octanol–water partition coefficient (Wildman–Crippen LogP) is 3.76.